The Hall–Kier alpha value is -2.39. The van der Waals surface area contributed by atoms with Crippen molar-refractivity contribution in [2.24, 2.45) is 9.98 Å². The van der Waals surface area contributed by atoms with Crippen molar-refractivity contribution in [1.82, 2.24) is 0 Å². The average molecular weight is 501 g/mol. The molecule has 0 saturated carbocycles. The number of para-hydroxylation sites is 2. The Bertz CT molecular complexity index is 1060. The first kappa shape index (κ1) is 28.2. The molecule has 0 radical (unpaired) electrons. The molecule has 0 aliphatic carbocycles. The Kier molecular flexibility index (Phi) is 9.58. The molecule has 0 fully saturated rings. The normalized spacial score (nSPS) is 15.3. The van der Waals surface area contributed by atoms with E-state index in [2.05, 4.69) is 118 Å². The Labute approximate surface area is 224 Å². The molecule has 2 nitrogen and oxygen atoms in total. The first-order valence-corrected chi connectivity index (χ1v) is 14.3. The Morgan fingerprint density at radius 3 is 1.17 bits per heavy atom. The fourth-order valence-electron chi connectivity index (χ4n) is 4.65. The summed E-state index contributed by atoms with van der Waals surface area (Å²) in [7, 11) is 0. The van der Waals surface area contributed by atoms with E-state index in [0.29, 0.717) is 23.7 Å². The van der Waals surface area contributed by atoms with Crippen LogP contribution in [0.2, 0.25) is 0 Å². The molecule has 0 unspecified atom stereocenters. The highest BCUT2D eigenvalue weighted by atomic mass is 32.2. The van der Waals surface area contributed by atoms with Crippen LogP contribution in [0.4, 0.5) is 11.4 Å². The maximum Gasteiger partial charge on any atom is 0.0702 e. The average Bonchev–Trinajstić information content (AvgIpc) is 2.83. The van der Waals surface area contributed by atoms with Crippen molar-refractivity contribution >= 4 is 34.6 Å². The molecule has 1 aliphatic heterocycles. The Morgan fingerprint density at radius 2 is 0.889 bits per heavy atom. The summed E-state index contributed by atoms with van der Waals surface area (Å²) in [4.78, 5) is 12.9. The van der Waals surface area contributed by atoms with E-state index in [1.165, 1.54) is 32.1 Å². The van der Waals surface area contributed by atoms with Crippen LogP contribution in [0.15, 0.2) is 68.3 Å². The second-order valence-corrected chi connectivity index (χ2v) is 12.1. The first-order valence-electron chi connectivity index (χ1n) is 13.5. The van der Waals surface area contributed by atoms with Gasteiger partial charge in [0.25, 0.3) is 0 Å². The number of allylic oxidation sites excluding steroid dienone is 4. The number of aliphatic imine (C=N–C) groups is 2. The topological polar surface area (TPSA) is 24.7 Å². The number of nitrogens with zero attached hydrogens (tertiary/aromatic N) is 2. The van der Waals surface area contributed by atoms with Crippen molar-refractivity contribution in [3.8, 4) is 0 Å². The zero-order valence-electron chi connectivity index (χ0n) is 23.9. The highest BCUT2D eigenvalue weighted by Gasteiger charge is 2.19. The quantitative estimate of drug-likeness (QED) is 0.331. The van der Waals surface area contributed by atoms with Gasteiger partial charge in [0.1, 0.15) is 0 Å². The summed E-state index contributed by atoms with van der Waals surface area (Å²) in [5.74, 6) is 1.74. The van der Waals surface area contributed by atoms with Gasteiger partial charge in [-0.15, -0.1) is 0 Å². The monoisotopic (exact) mass is 500 g/mol. The molecular weight excluding hydrogens is 456 g/mol. The number of hydrogen-bond acceptors (Lipinski definition) is 3. The van der Waals surface area contributed by atoms with Gasteiger partial charge >= 0.3 is 0 Å². The number of thioether (sulfide) groups is 1. The van der Waals surface area contributed by atoms with Crippen LogP contribution in [-0.4, -0.2) is 11.4 Å². The molecule has 3 rings (SSSR count). The van der Waals surface area contributed by atoms with Crippen molar-refractivity contribution < 1.29 is 0 Å². The van der Waals surface area contributed by atoms with Crippen LogP contribution in [0.25, 0.3) is 0 Å². The van der Waals surface area contributed by atoms with Gasteiger partial charge in [-0.25, -0.2) is 0 Å². The van der Waals surface area contributed by atoms with Crippen LogP contribution in [0.3, 0.4) is 0 Å². The van der Waals surface area contributed by atoms with Gasteiger partial charge in [0.2, 0.25) is 0 Å². The van der Waals surface area contributed by atoms with Crippen LogP contribution in [0.1, 0.15) is 122 Å². The summed E-state index contributed by atoms with van der Waals surface area (Å²) in [6, 6.07) is 13.3. The largest absolute Gasteiger partial charge is 0.252 e. The van der Waals surface area contributed by atoms with E-state index >= 15 is 0 Å². The summed E-state index contributed by atoms with van der Waals surface area (Å²) < 4.78 is 0. The van der Waals surface area contributed by atoms with Crippen molar-refractivity contribution in [2.75, 3.05) is 0 Å². The fourth-order valence-corrected chi connectivity index (χ4v) is 5.63. The molecule has 2 aromatic rings. The van der Waals surface area contributed by atoms with Crippen molar-refractivity contribution in [3.63, 3.8) is 0 Å². The standard InChI is InChI=1S/C33H44N2S/c1-20(2)26-14-11-15-27(21(3)4)32(26)34-24(9)30-18-13-19-31(36-30)25(10)35-33-28(22(5)6)16-12-17-29(33)23(7)8/h11-12,14-23H,13H2,1-10H3/b34-24+,35-25+. The summed E-state index contributed by atoms with van der Waals surface area (Å²) in [6.45, 7) is 22.3. The zero-order chi connectivity index (χ0) is 26.6. The molecular formula is C33H44N2S. The minimum Gasteiger partial charge on any atom is -0.252 e. The van der Waals surface area contributed by atoms with E-state index in [1.54, 1.807) is 11.8 Å². The van der Waals surface area contributed by atoms with E-state index in [1.807, 2.05) is 0 Å². The minimum atomic E-state index is 0.434. The third-order valence-corrected chi connectivity index (χ3v) is 8.15. The Balaban J connectivity index is 1.95. The van der Waals surface area contributed by atoms with Crippen LogP contribution in [-0.2, 0) is 0 Å². The van der Waals surface area contributed by atoms with Gasteiger partial charge in [-0.2, -0.15) is 0 Å². The van der Waals surface area contributed by atoms with Gasteiger partial charge in [-0.3, -0.25) is 9.98 Å². The molecule has 0 saturated heterocycles. The highest BCUT2D eigenvalue weighted by molar-refractivity contribution is 8.08. The second kappa shape index (κ2) is 12.2. The molecule has 36 heavy (non-hydrogen) atoms. The second-order valence-electron chi connectivity index (χ2n) is 11.1. The van der Waals surface area contributed by atoms with Gasteiger partial charge < -0.3 is 0 Å². The number of hydrogen-bond donors (Lipinski definition) is 0. The Morgan fingerprint density at radius 1 is 0.583 bits per heavy atom. The molecule has 192 valence electrons. The molecule has 0 spiro atoms. The number of rotatable bonds is 8. The van der Waals surface area contributed by atoms with Gasteiger partial charge in [0.05, 0.1) is 22.8 Å². The third-order valence-electron chi connectivity index (χ3n) is 6.78. The summed E-state index contributed by atoms with van der Waals surface area (Å²) in [5, 5.41) is 0. The molecule has 0 atom stereocenters. The summed E-state index contributed by atoms with van der Waals surface area (Å²) in [5.41, 5.74) is 9.75. The minimum absolute atomic E-state index is 0.434. The zero-order valence-corrected chi connectivity index (χ0v) is 24.8. The predicted octanol–water partition coefficient (Wildman–Crippen LogP) is 11.0. The van der Waals surface area contributed by atoms with Crippen LogP contribution >= 0.6 is 11.8 Å². The van der Waals surface area contributed by atoms with E-state index in [4.69, 9.17) is 9.98 Å². The van der Waals surface area contributed by atoms with Gasteiger partial charge in [-0.05, 0) is 66.2 Å². The summed E-state index contributed by atoms with van der Waals surface area (Å²) >= 11 is 1.80. The van der Waals surface area contributed by atoms with Crippen LogP contribution in [0.5, 0.6) is 0 Å². The van der Waals surface area contributed by atoms with E-state index in [-0.39, 0.29) is 0 Å². The highest BCUT2D eigenvalue weighted by Crippen LogP contribution is 2.40. The molecule has 0 N–H and O–H groups in total. The van der Waals surface area contributed by atoms with E-state index < -0.39 is 0 Å². The van der Waals surface area contributed by atoms with E-state index in [9.17, 15) is 0 Å². The SMILES string of the molecule is C/C(=N\c1c(C(C)C)cccc1C(C)C)C1=CCC=C(/C(C)=N/c2c(C(C)C)cccc2C(C)C)S1. The van der Waals surface area contributed by atoms with Crippen molar-refractivity contribution in [2.45, 2.75) is 99.3 Å². The lowest BCUT2D eigenvalue weighted by Crippen LogP contribution is -2.04. The van der Waals surface area contributed by atoms with Gasteiger partial charge in [0.15, 0.2) is 0 Å². The summed E-state index contributed by atoms with van der Waals surface area (Å²) in [6.07, 6.45) is 5.51. The lowest BCUT2D eigenvalue weighted by atomic mass is 9.93. The molecule has 1 aliphatic rings. The predicted molar refractivity (Wildman–Crippen MR) is 163 cm³/mol. The number of benzene rings is 2. The van der Waals surface area contributed by atoms with Crippen molar-refractivity contribution in [1.29, 1.82) is 0 Å². The lowest BCUT2D eigenvalue weighted by molar-refractivity contribution is 0.834. The van der Waals surface area contributed by atoms with Crippen LogP contribution < -0.4 is 0 Å². The third kappa shape index (κ3) is 6.48. The molecule has 0 aromatic heterocycles. The molecule has 2 aromatic carbocycles. The molecule has 0 amide bonds. The molecule has 0 bridgehead atoms. The maximum absolute atomic E-state index is 5.24. The van der Waals surface area contributed by atoms with Gasteiger partial charge in [-0.1, -0.05) is 116 Å². The fraction of sp³-hybridized carbons (Fsp3) is 0.455. The molecule has 1 heterocycles. The maximum atomic E-state index is 5.24. The lowest BCUT2D eigenvalue weighted by Gasteiger charge is -2.20. The molecule has 3 heteroatoms. The van der Waals surface area contributed by atoms with E-state index in [0.717, 1.165) is 29.2 Å². The smallest absolute Gasteiger partial charge is 0.0702 e. The first-order chi connectivity index (χ1) is 17.0. The van der Waals surface area contributed by atoms with Crippen LogP contribution in [0, 0.1) is 0 Å². The van der Waals surface area contributed by atoms with Gasteiger partial charge in [0, 0.05) is 9.81 Å². The van der Waals surface area contributed by atoms with Crippen molar-refractivity contribution in [3.05, 3.63) is 80.6 Å².